The van der Waals surface area contributed by atoms with Gasteiger partial charge >= 0.3 is 0 Å². The Balaban J connectivity index is 1.57. The zero-order valence-electron chi connectivity index (χ0n) is 26.9. The van der Waals surface area contributed by atoms with Crippen molar-refractivity contribution in [2.75, 3.05) is 33.5 Å². The highest BCUT2D eigenvalue weighted by molar-refractivity contribution is 6.01. The Morgan fingerprint density at radius 1 is 0.917 bits per heavy atom. The molecule has 1 aliphatic heterocycles. The summed E-state index contributed by atoms with van der Waals surface area (Å²) < 4.78 is 17.6. The molecule has 248 valence electrons. The molecule has 11 nitrogen and oxygen atoms in total. The molecule has 1 heterocycles. The van der Waals surface area contributed by atoms with Gasteiger partial charge < -0.3 is 19.3 Å². The Kier molecular flexibility index (Phi) is 12.2. The molecular formula is C37H40N6O5. The van der Waals surface area contributed by atoms with Crippen LogP contribution >= 0.6 is 0 Å². The number of hydrazine groups is 1. The van der Waals surface area contributed by atoms with E-state index in [0.717, 1.165) is 27.8 Å². The summed E-state index contributed by atoms with van der Waals surface area (Å²) in [6, 6.07) is 32.9. The molecule has 5 rings (SSSR count). The predicted octanol–water partition coefficient (Wildman–Crippen LogP) is 6.08. The molecule has 0 bridgehead atoms. The van der Waals surface area contributed by atoms with Gasteiger partial charge in [0.15, 0.2) is 11.6 Å². The van der Waals surface area contributed by atoms with E-state index in [2.05, 4.69) is 20.9 Å². The summed E-state index contributed by atoms with van der Waals surface area (Å²) in [5.74, 6) is 0.598. The van der Waals surface area contributed by atoms with Gasteiger partial charge in [-0.1, -0.05) is 84.0 Å². The smallest absolute Gasteiger partial charge is 0.266 e. The van der Waals surface area contributed by atoms with E-state index in [0.29, 0.717) is 49.8 Å². The highest BCUT2D eigenvalue weighted by Gasteiger charge is 2.53. The lowest BCUT2D eigenvalue weighted by Gasteiger charge is -2.31. The normalized spacial score (nSPS) is 16.8. The van der Waals surface area contributed by atoms with Gasteiger partial charge in [0, 0.05) is 50.2 Å². The van der Waals surface area contributed by atoms with Crippen molar-refractivity contribution in [3.8, 4) is 16.9 Å². The number of carbonyl (C=O) groups is 1. The number of rotatable bonds is 17. The number of aliphatic imine (C=N–C) groups is 1. The number of hydrogen-bond donors (Lipinski definition) is 3. The SMILES string of the molecule is COCCCNNC(=O)[C@@]1(Cc2ccccc2CN=[N+]=[N-])N=C(c2ccc(OCCCO)cc2)O[C@H]1c1ccc(-c2ccccc2)cc1. The minimum atomic E-state index is -1.44. The van der Waals surface area contributed by atoms with Gasteiger partial charge in [-0.2, -0.15) is 0 Å². The maximum Gasteiger partial charge on any atom is 0.266 e. The van der Waals surface area contributed by atoms with Crippen LogP contribution in [-0.2, 0) is 27.2 Å². The number of nitrogens with one attached hydrogen (secondary N) is 2. The molecule has 0 spiro atoms. The van der Waals surface area contributed by atoms with Crippen LogP contribution in [0.1, 0.15) is 41.2 Å². The Hall–Kier alpha value is -5.19. The summed E-state index contributed by atoms with van der Waals surface area (Å²) in [4.78, 5) is 22.5. The fourth-order valence-electron chi connectivity index (χ4n) is 5.60. The quantitative estimate of drug-likeness (QED) is 0.0415. The van der Waals surface area contributed by atoms with Crippen molar-refractivity contribution in [2.45, 2.75) is 37.5 Å². The van der Waals surface area contributed by atoms with Crippen molar-refractivity contribution in [1.29, 1.82) is 0 Å². The second-order valence-corrected chi connectivity index (χ2v) is 11.3. The fraction of sp³-hybridized carbons (Fsp3) is 0.297. The second kappa shape index (κ2) is 17.1. The van der Waals surface area contributed by atoms with Gasteiger partial charge in [-0.25, -0.2) is 10.4 Å². The summed E-state index contributed by atoms with van der Waals surface area (Å²) >= 11 is 0. The van der Waals surface area contributed by atoms with Crippen molar-refractivity contribution in [3.63, 3.8) is 0 Å². The number of hydrogen-bond acceptors (Lipinski definition) is 8. The topological polar surface area (TPSA) is 150 Å². The van der Waals surface area contributed by atoms with E-state index < -0.39 is 11.6 Å². The first-order valence-electron chi connectivity index (χ1n) is 15.9. The second-order valence-electron chi connectivity index (χ2n) is 11.3. The average Bonchev–Trinajstić information content (AvgIpc) is 3.52. The van der Waals surface area contributed by atoms with Crippen LogP contribution in [0.25, 0.3) is 21.6 Å². The summed E-state index contributed by atoms with van der Waals surface area (Å²) in [7, 11) is 1.63. The van der Waals surface area contributed by atoms with Crippen LogP contribution in [0, 0.1) is 0 Å². The number of methoxy groups -OCH3 is 1. The molecule has 3 N–H and O–H groups in total. The largest absolute Gasteiger partial charge is 0.494 e. The van der Waals surface area contributed by atoms with Crippen LogP contribution in [0.2, 0.25) is 0 Å². The summed E-state index contributed by atoms with van der Waals surface area (Å²) in [5, 5.41) is 12.9. The maximum absolute atomic E-state index is 14.5. The number of nitrogens with zero attached hydrogens (tertiary/aromatic N) is 4. The summed E-state index contributed by atoms with van der Waals surface area (Å²) in [6.45, 7) is 1.61. The molecule has 0 saturated heterocycles. The summed E-state index contributed by atoms with van der Waals surface area (Å²) in [6.07, 6.45) is 0.597. The third-order valence-corrected chi connectivity index (χ3v) is 8.09. The molecule has 48 heavy (non-hydrogen) atoms. The van der Waals surface area contributed by atoms with Crippen LogP contribution in [0.4, 0.5) is 0 Å². The number of benzene rings is 4. The van der Waals surface area contributed by atoms with Gasteiger partial charge in [0.2, 0.25) is 5.90 Å². The first-order chi connectivity index (χ1) is 23.6. The standard InChI is InChI=1S/C37H40N6O5/c1-46-23-7-21-39-42-36(45)37(25-31-11-5-6-12-32(31)26-40-43-38)34(29-15-13-28(14-16-29)27-9-3-2-4-10-27)48-35(41-37)30-17-19-33(20-18-30)47-24-8-22-44/h2-6,9-20,34,39,44H,7-8,21-26H2,1H3,(H,42,45)/t34-,37-/m0/s1. The lowest BCUT2D eigenvalue weighted by molar-refractivity contribution is -0.130. The van der Waals surface area contributed by atoms with Crippen molar-refractivity contribution >= 4 is 11.8 Å². The lowest BCUT2D eigenvalue weighted by atomic mass is 9.80. The average molecular weight is 649 g/mol. The first-order valence-corrected chi connectivity index (χ1v) is 15.9. The number of ether oxygens (including phenoxy) is 3. The number of aliphatic hydroxyl groups excluding tert-OH is 1. The molecule has 11 heteroatoms. The van der Waals surface area contributed by atoms with Crippen molar-refractivity contribution < 1.29 is 24.1 Å². The zero-order valence-corrected chi connectivity index (χ0v) is 26.9. The van der Waals surface area contributed by atoms with Crippen LogP contribution in [0.3, 0.4) is 0 Å². The third kappa shape index (κ3) is 8.39. The Bertz CT molecular complexity index is 1710. The van der Waals surface area contributed by atoms with E-state index in [4.69, 9.17) is 29.8 Å². The maximum atomic E-state index is 14.5. The molecule has 1 aliphatic rings. The molecule has 0 aliphatic carbocycles. The molecule has 2 atom stereocenters. The molecule has 1 amide bonds. The third-order valence-electron chi connectivity index (χ3n) is 8.09. The van der Waals surface area contributed by atoms with E-state index in [1.54, 1.807) is 7.11 Å². The van der Waals surface area contributed by atoms with E-state index in [1.165, 1.54) is 0 Å². The Labute approximate surface area is 280 Å². The molecule has 4 aromatic rings. The van der Waals surface area contributed by atoms with E-state index in [-0.39, 0.29) is 25.5 Å². The number of amides is 1. The molecule has 0 saturated carbocycles. The van der Waals surface area contributed by atoms with Gasteiger partial charge in [0.1, 0.15) is 5.75 Å². The molecule has 0 fully saturated rings. The minimum Gasteiger partial charge on any atom is -0.494 e. The van der Waals surface area contributed by atoms with E-state index >= 15 is 0 Å². The molecule has 0 radical (unpaired) electrons. The fourth-order valence-corrected chi connectivity index (χ4v) is 5.60. The van der Waals surface area contributed by atoms with Crippen molar-refractivity contribution in [2.24, 2.45) is 10.1 Å². The molecular weight excluding hydrogens is 608 g/mol. The highest BCUT2D eigenvalue weighted by Crippen LogP contribution is 2.43. The number of azide groups is 1. The first kappa shape index (κ1) is 34.2. The highest BCUT2D eigenvalue weighted by atomic mass is 16.5. The lowest BCUT2D eigenvalue weighted by Crippen LogP contribution is -2.54. The van der Waals surface area contributed by atoms with Crippen LogP contribution in [0.15, 0.2) is 113 Å². The minimum absolute atomic E-state index is 0.0494. The van der Waals surface area contributed by atoms with Gasteiger partial charge in [-0.05, 0) is 64.0 Å². The van der Waals surface area contributed by atoms with Crippen LogP contribution in [0.5, 0.6) is 5.75 Å². The summed E-state index contributed by atoms with van der Waals surface area (Å²) in [5.41, 5.74) is 18.7. The van der Waals surface area contributed by atoms with Gasteiger partial charge in [-0.15, -0.1) is 0 Å². The van der Waals surface area contributed by atoms with Crippen molar-refractivity contribution in [3.05, 3.63) is 136 Å². The van der Waals surface area contributed by atoms with Crippen LogP contribution in [-0.4, -0.2) is 55.9 Å². The molecule has 4 aromatic carbocycles. The van der Waals surface area contributed by atoms with E-state index in [9.17, 15) is 4.79 Å². The molecule has 0 unspecified atom stereocenters. The van der Waals surface area contributed by atoms with Gasteiger partial charge in [-0.3, -0.25) is 10.2 Å². The number of aliphatic hydroxyl groups is 1. The van der Waals surface area contributed by atoms with Crippen LogP contribution < -0.4 is 15.6 Å². The molecule has 0 aromatic heterocycles. The Morgan fingerprint density at radius 2 is 1.60 bits per heavy atom. The van der Waals surface area contributed by atoms with Gasteiger partial charge in [0.25, 0.3) is 5.91 Å². The van der Waals surface area contributed by atoms with Crippen molar-refractivity contribution in [1.82, 2.24) is 10.9 Å². The van der Waals surface area contributed by atoms with Gasteiger partial charge in [0.05, 0.1) is 13.2 Å². The Morgan fingerprint density at radius 3 is 2.31 bits per heavy atom. The van der Waals surface area contributed by atoms with E-state index in [1.807, 2.05) is 103 Å². The zero-order chi connectivity index (χ0) is 33.6. The number of carbonyl (C=O) groups excluding carboxylic acids is 1. The predicted molar refractivity (Wildman–Crippen MR) is 184 cm³/mol. The monoisotopic (exact) mass is 648 g/mol.